The number of imidazole rings is 1. The normalized spacial score (nSPS) is 10.1. The predicted molar refractivity (Wildman–Crippen MR) is 38.8 cm³/mol. The second-order valence-electron chi connectivity index (χ2n) is 2.17. The van der Waals surface area contributed by atoms with Crippen LogP contribution >= 0.6 is 0 Å². The van der Waals surface area contributed by atoms with Gasteiger partial charge in [0.15, 0.2) is 0 Å². The van der Waals surface area contributed by atoms with Crippen LogP contribution < -0.4 is 0 Å². The summed E-state index contributed by atoms with van der Waals surface area (Å²) in [7, 11) is 1.72. The first-order chi connectivity index (χ1) is 4.93. The van der Waals surface area contributed by atoms with E-state index in [0.717, 1.165) is 19.4 Å². The maximum absolute atomic E-state index is 4.91. The minimum absolute atomic E-state index is 0.818. The summed E-state index contributed by atoms with van der Waals surface area (Å²) in [5.74, 6) is 0. The highest BCUT2D eigenvalue weighted by atomic mass is 16.5. The fraction of sp³-hybridized carbons (Fsp3) is 0.571. The summed E-state index contributed by atoms with van der Waals surface area (Å²) in [6.07, 6.45) is 5.62. The summed E-state index contributed by atoms with van der Waals surface area (Å²) in [6.45, 7) is 0.818. The van der Waals surface area contributed by atoms with Crippen molar-refractivity contribution >= 4 is 0 Å². The summed E-state index contributed by atoms with van der Waals surface area (Å²) >= 11 is 0. The van der Waals surface area contributed by atoms with Crippen LogP contribution in [0.25, 0.3) is 0 Å². The van der Waals surface area contributed by atoms with Gasteiger partial charge in [0.05, 0.1) is 6.33 Å². The Morgan fingerprint density at radius 3 is 3.20 bits per heavy atom. The molecule has 0 unspecified atom stereocenters. The number of methoxy groups -OCH3 is 1. The van der Waals surface area contributed by atoms with Gasteiger partial charge < -0.3 is 9.72 Å². The highest BCUT2D eigenvalue weighted by Gasteiger charge is 1.91. The molecule has 0 saturated carbocycles. The molecule has 1 rings (SSSR count). The Bertz CT molecular complexity index is 160. The monoisotopic (exact) mass is 140 g/mol. The van der Waals surface area contributed by atoms with Crippen LogP contribution in [0.1, 0.15) is 12.1 Å². The van der Waals surface area contributed by atoms with Crippen molar-refractivity contribution in [3.8, 4) is 0 Å². The van der Waals surface area contributed by atoms with Gasteiger partial charge in [-0.15, -0.1) is 0 Å². The third-order valence-electron chi connectivity index (χ3n) is 1.35. The summed E-state index contributed by atoms with van der Waals surface area (Å²) < 4.78 is 4.91. The Balaban J connectivity index is 2.15. The molecular weight excluding hydrogens is 128 g/mol. The van der Waals surface area contributed by atoms with Gasteiger partial charge in [0, 0.05) is 25.6 Å². The maximum Gasteiger partial charge on any atom is 0.0921 e. The van der Waals surface area contributed by atoms with E-state index in [-0.39, 0.29) is 0 Å². The molecule has 0 spiro atoms. The van der Waals surface area contributed by atoms with Gasteiger partial charge in [-0.2, -0.15) is 0 Å². The SMILES string of the molecule is COCCCc1cnc[nH]1. The molecule has 1 aromatic rings. The quantitative estimate of drug-likeness (QED) is 0.633. The Labute approximate surface area is 60.4 Å². The van der Waals surface area contributed by atoms with Gasteiger partial charge in [-0.05, 0) is 12.8 Å². The zero-order valence-electron chi connectivity index (χ0n) is 6.13. The standard InChI is InChI=1S/C7H12N2O/c1-10-4-2-3-7-5-8-6-9-7/h5-6H,2-4H2,1H3,(H,8,9). The van der Waals surface area contributed by atoms with Gasteiger partial charge in [-0.3, -0.25) is 0 Å². The molecule has 10 heavy (non-hydrogen) atoms. The largest absolute Gasteiger partial charge is 0.385 e. The van der Waals surface area contributed by atoms with Crippen molar-refractivity contribution in [2.75, 3.05) is 13.7 Å². The third-order valence-corrected chi connectivity index (χ3v) is 1.35. The van der Waals surface area contributed by atoms with Gasteiger partial charge >= 0.3 is 0 Å². The van der Waals surface area contributed by atoms with Crippen LogP contribution in [-0.4, -0.2) is 23.7 Å². The summed E-state index contributed by atoms with van der Waals surface area (Å²) in [5.41, 5.74) is 1.18. The molecule has 0 aliphatic rings. The molecule has 0 aliphatic carbocycles. The lowest BCUT2D eigenvalue weighted by atomic mass is 10.3. The van der Waals surface area contributed by atoms with E-state index in [1.807, 2.05) is 6.20 Å². The highest BCUT2D eigenvalue weighted by Crippen LogP contribution is 1.95. The van der Waals surface area contributed by atoms with Crippen LogP contribution in [0.15, 0.2) is 12.5 Å². The van der Waals surface area contributed by atoms with Crippen LogP contribution in [0.3, 0.4) is 0 Å². The fourth-order valence-corrected chi connectivity index (χ4v) is 0.828. The van der Waals surface area contributed by atoms with Crippen LogP contribution in [-0.2, 0) is 11.2 Å². The summed E-state index contributed by atoms with van der Waals surface area (Å²) in [5, 5.41) is 0. The predicted octanol–water partition coefficient (Wildman–Crippen LogP) is 0.989. The lowest BCUT2D eigenvalue weighted by Crippen LogP contribution is -1.92. The molecule has 1 N–H and O–H groups in total. The number of ether oxygens (including phenoxy) is 1. The van der Waals surface area contributed by atoms with Gasteiger partial charge in [-0.1, -0.05) is 0 Å². The number of hydrogen-bond acceptors (Lipinski definition) is 2. The van der Waals surface area contributed by atoms with E-state index in [2.05, 4.69) is 9.97 Å². The number of nitrogens with zero attached hydrogens (tertiary/aromatic N) is 1. The Hall–Kier alpha value is -0.830. The second kappa shape index (κ2) is 4.06. The van der Waals surface area contributed by atoms with Gasteiger partial charge in [0.1, 0.15) is 0 Å². The van der Waals surface area contributed by atoms with E-state index in [0.29, 0.717) is 0 Å². The molecule has 3 nitrogen and oxygen atoms in total. The first kappa shape index (κ1) is 7.28. The highest BCUT2D eigenvalue weighted by molar-refractivity contribution is 4.93. The minimum Gasteiger partial charge on any atom is -0.385 e. The number of nitrogens with one attached hydrogen (secondary N) is 1. The van der Waals surface area contributed by atoms with Crippen LogP contribution in [0.4, 0.5) is 0 Å². The van der Waals surface area contributed by atoms with E-state index in [4.69, 9.17) is 4.74 Å². The Morgan fingerprint density at radius 2 is 2.60 bits per heavy atom. The fourth-order valence-electron chi connectivity index (χ4n) is 0.828. The van der Waals surface area contributed by atoms with Gasteiger partial charge in [-0.25, -0.2) is 4.98 Å². The van der Waals surface area contributed by atoms with Crippen LogP contribution in [0.2, 0.25) is 0 Å². The van der Waals surface area contributed by atoms with E-state index in [9.17, 15) is 0 Å². The summed E-state index contributed by atoms with van der Waals surface area (Å²) in [6, 6.07) is 0. The first-order valence-corrected chi connectivity index (χ1v) is 3.39. The van der Waals surface area contributed by atoms with Crippen molar-refractivity contribution in [2.24, 2.45) is 0 Å². The lowest BCUT2D eigenvalue weighted by Gasteiger charge is -1.95. The van der Waals surface area contributed by atoms with Crippen molar-refractivity contribution in [2.45, 2.75) is 12.8 Å². The number of hydrogen-bond donors (Lipinski definition) is 1. The van der Waals surface area contributed by atoms with E-state index in [1.165, 1.54) is 5.69 Å². The first-order valence-electron chi connectivity index (χ1n) is 3.39. The average Bonchev–Trinajstić information content (AvgIpc) is 2.41. The molecule has 0 saturated heterocycles. The number of aryl methyl sites for hydroxylation is 1. The Kier molecular flexibility index (Phi) is 2.96. The maximum atomic E-state index is 4.91. The van der Waals surface area contributed by atoms with Crippen molar-refractivity contribution in [3.63, 3.8) is 0 Å². The summed E-state index contributed by atoms with van der Waals surface area (Å²) in [4.78, 5) is 6.93. The molecule has 0 bridgehead atoms. The topological polar surface area (TPSA) is 37.9 Å². The van der Waals surface area contributed by atoms with Crippen molar-refractivity contribution < 1.29 is 4.74 Å². The van der Waals surface area contributed by atoms with Gasteiger partial charge in [0.25, 0.3) is 0 Å². The van der Waals surface area contributed by atoms with Gasteiger partial charge in [0.2, 0.25) is 0 Å². The van der Waals surface area contributed by atoms with Crippen LogP contribution in [0.5, 0.6) is 0 Å². The Morgan fingerprint density at radius 1 is 1.70 bits per heavy atom. The van der Waals surface area contributed by atoms with E-state index < -0.39 is 0 Å². The van der Waals surface area contributed by atoms with Crippen molar-refractivity contribution in [3.05, 3.63) is 18.2 Å². The number of rotatable bonds is 4. The third kappa shape index (κ3) is 2.19. The zero-order valence-corrected chi connectivity index (χ0v) is 6.13. The molecule has 1 heterocycles. The number of aromatic nitrogens is 2. The van der Waals surface area contributed by atoms with Crippen molar-refractivity contribution in [1.82, 2.24) is 9.97 Å². The lowest BCUT2D eigenvalue weighted by molar-refractivity contribution is 0.195. The molecule has 56 valence electrons. The second-order valence-corrected chi connectivity index (χ2v) is 2.17. The molecule has 0 amide bonds. The molecular formula is C7H12N2O. The molecule has 0 fully saturated rings. The van der Waals surface area contributed by atoms with E-state index >= 15 is 0 Å². The molecule has 0 atom stereocenters. The minimum atomic E-state index is 0.818. The zero-order chi connectivity index (χ0) is 7.23. The molecule has 3 heteroatoms. The average molecular weight is 140 g/mol. The molecule has 1 aromatic heterocycles. The molecule has 0 radical (unpaired) electrons. The molecule has 0 aromatic carbocycles. The molecule has 0 aliphatic heterocycles. The smallest absolute Gasteiger partial charge is 0.0921 e. The van der Waals surface area contributed by atoms with E-state index in [1.54, 1.807) is 13.4 Å². The number of H-pyrrole nitrogens is 1. The van der Waals surface area contributed by atoms with Crippen molar-refractivity contribution in [1.29, 1.82) is 0 Å². The van der Waals surface area contributed by atoms with Crippen LogP contribution in [0, 0.1) is 0 Å². The number of aromatic amines is 1.